The standard InChI is InChI=1S/C18H19F2N3O3/c1-21-2-4-22(5-3-21)15-8-14-10(6-12(15)19)17(24)11(18(25)26)9-23(14)16-7-13(16)20/h6,8-9,13,16H,2-5,7H2,1H3,(H,25,26)/t13-,16+/m1/s1. The number of alkyl halides is 1. The lowest BCUT2D eigenvalue weighted by atomic mass is 10.1. The van der Waals surface area contributed by atoms with Crippen LogP contribution in [0.5, 0.6) is 0 Å². The number of halogens is 2. The number of carboxylic acid groups (broad SMARTS) is 1. The molecule has 0 spiro atoms. The van der Waals surface area contributed by atoms with E-state index in [-0.39, 0.29) is 11.8 Å². The molecule has 0 unspecified atom stereocenters. The zero-order valence-electron chi connectivity index (χ0n) is 14.3. The highest BCUT2D eigenvalue weighted by molar-refractivity contribution is 5.93. The van der Waals surface area contributed by atoms with Gasteiger partial charge in [0, 0.05) is 44.2 Å². The van der Waals surface area contributed by atoms with Crippen molar-refractivity contribution in [2.45, 2.75) is 18.6 Å². The van der Waals surface area contributed by atoms with Gasteiger partial charge in [-0.05, 0) is 19.2 Å². The number of nitrogens with zero attached hydrogens (tertiary/aromatic N) is 3. The molecule has 2 atom stereocenters. The molecule has 138 valence electrons. The number of piperazine rings is 1. The first kappa shape index (κ1) is 17.0. The lowest BCUT2D eigenvalue weighted by molar-refractivity contribution is 0.0694. The van der Waals surface area contributed by atoms with Gasteiger partial charge in [0.05, 0.1) is 17.2 Å². The average Bonchev–Trinajstić information content (AvgIpc) is 3.32. The van der Waals surface area contributed by atoms with E-state index >= 15 is 0 Å². The molecule has 0 amide bonds. The normalized spacial score (nSPS) is 23.4. The molecule has 1 aromatic carbocycles. The summed E-state index contributed by atoms with van der Waals surface area (Å²) in [7, 11) is 1.99. The Kier molecular flexibility index (Phi) is 3.95. The summed E-state index contributed by atoms with van der Waals surface area (Å²) < 4.78 is 29.9. The van der Waals surface area contributed by atoms with E-state index in [4.69, 9.17) is 0 Å². The highest BCUT2D eigenvalue weighted by atomic mass is 19.1. The van der Waals surface area contributed by atoms with Crippen LogP contribution in [-0.4, -0.2) is 59.9 Å². The Labute approximate surface area is 148 Å². The SMILES string of the molecule is CN1CCN(c2cc3c(cc2F)c(=O)c(C(=O)O)cn3[C@H]2C[C@H]2F)CC1. The number of likely N-dealkylation sites (N-methyl/N-ethyl adjacent to an activating group) is 1. The van der Waals surface area contributed by atoms with Crippen molar-refractivity contribution < 1.29 is 18.7 Å². The van der Waals surface area contributed by atoms with Gasteiger partial charge >= 0.3 is 5.97 Å². The molecule has 4 rings (SSSR count). The van der Waals surface area contributed by atoms with Crippen molar-refractivity contribution >= 4 is 22.6 Å². The number of hydrogen-bond acceptors (Lipinski definition) is 4. The minimum absolute atomic E-state index is 0.0284. The van der Waals surface area contributed by atoms with Crippen molar-refractivity contribution in [3.63, 3.8) is 0 Å². The Hall–Kier alpha value is -2.48. The summed E-state index contributed by atoms with van der Waals surface area (Å²) in [5.41, 5.74) is -0.481. The molecular weight excluding hydrogens is 344 g/mol. The molecule has 2 aromatic rings. The molecule has 2 heterocycles. The zero-order chi connectivity index (χ0) is 18.6. The fourth-order valence-corrected chi connectivity index (χ4v) is 3.52. The number of hydrogen-bond donors (Lipinski definition) is 1. The van der Waals surface area contributed by atoms with Crippen molar-refractivity contribution in [2.75, 3.05) is 38.1 Å². The summed E-state index contributed by atoms with van der Waals surface area (Å²) in [5.74, 6) is -1.97. The topological polar surface area (TPSA) is 65.8 Å². The number of aromatic carboxylic acids is 1. The van der Waals surface area contributed by atoms with E-state index in [9.17, 15) is 23.5 Å². The van der Waals surface area contributed by atoms with Crippen molar-refractivity contribution in [2.24, 2.45) is 0 Å². The Morgan fingerprint density at radius 2 is 1.88 bits per heavy atom. The Balaban J connectivity index is 1.90. The van der Waals surface area contributed by atoms with Gasteiger partial charge in [-0.2, -0.15) is 0 Å². The Morgan fingerprint density at radius 3 is 2.46 bits per heavy atom. The van der Waals surface area contributed by atoms with Crippen LogP contribution >= 0.6 is 0 Å². The predicted octanol–water partition coefficient (Wildman–Crippen LogP) is 1.87. The van der Waals surface area contributed by atoms with E-state index in [0.29, 0.717) is 24.3 Å². The lowest BCUT2D eigenvalue weighted by Crippen LogP contribution is -2.44. The average molecular weight is 363 g/mol. The third-order valence-electron chi connectivity index (χ3n) is 5.21. The second kappa shape index (κ2) is 6.05. The second-order valence-electron chi connectivity index (χ2n) is 7.01. The first-order chi connectivity index (χ1) is 12.4. The Morgan fingerprint density at radius 1 is 1.23 bits per heavy atom. The Bertz CT molecular complexity index is 951. The molecule has 1 N–H and O–H groups in total. The third kappa shape index (κ3) is 2.74. The zero-order valence-corrected chi connectivity index (χ0v) is 14.3. The number of rotatable bonds is 3. The number of benzene rings is 1. The fourth-order valence-electron chi connectivity index (χ4n) is 3.52. The van der Waals surface area contributed by atoms with Gasteiger partial charge in [-0.15, -0.1) is 0 Å². The van der Waals surface area contributed by atoms with Gasteiger partial charge in [-0.25, -0.2) is 13.6 Å². The van der Waals surface area contributed by atoms with E-state index in [0.717, 1.165) is 19.2 Å². The van der Waals surface area contributed by atoms with Gasteiger partial charge in [0.1, 0.15) is 17.6 Å². The smallest absolute Gasteiger partial charge is 0.341 e. The monoisotopic (exact) mass is 363 g/mol. The van der Waals surface area contributed by atoms with Crippen molar-refractivity contribution in [3.8, 4) is 0 Å². The van der Waals surface area contributed by atoms with Crippen LogP contribution in [0.3, 0.4) is 0 Å². The second-order valence-corrected chi connectivity index (χ2v) is 7.01. The highest BCUT2D eigenvalue weighted by Crippen LogP contribution is 2.41. The molecule has 1 aliphatic carbocycles. The van der Waals surface area contributed by atoms with Crippen LogP contribution in [-0.2, 0) is 0 Å². The molecule has 1 saturated carbocycles. The maximum Gasteiger partial charge on any atom is 0.341 e. The largest absolute Gasteiger partial charge is 0.477 e. The minimum Gasteiger partial charge on any atom is -0.477 e. The molecule has 1 saturated heterocycles. The summed E-state index contributed by atoms with van der Waals surface area (Å²) in [6, 6.07) is 2.12. The summed E-state index contributed by atoms with van der Waals surface area (Å²) in [6.45, 7) is 2.87. The maximum atomic E-state index is 14.7. The van der Waals surface area contributed by atoms with Gasteiger partial charge in [-0.3, -0.25) is 4.79 Å². The van der Waals surface area contributed by atoms with Crippen molar-refractivity contribution in [1.29, 1.82) is 0 Å². The van der Waals surface area contributed by atoms with Crippen LogP contribution in [0.15, 0.2) is 23.1 Å². The first-order valence-corrected chi connectivity index (χ1v) is 8.56. The van der Waals surface area contributed by atoms with Gasteiger partial charge in [-0.1, -0.05) is 0 Å². The highest BCUT2D eigenvalue weighted by Gasteiger charge is 2.40. The maximum absolute atomic E-state index is 14.7. The van der Waals surface area contributed by atoms with Crippen LogP contribution in [0.2, 0.25) is 0 Å². The van der Waals surface area contributed by atoms with Crippen LogP contribution in [0.1, 0.15) is 22.8 Å². The van der Waals surface area contributed by atoms with Gasteiger partial charge in [0.2, 0.25) is 5.43 Å². The lowest BCUT2D eigenvalue weighted by Gasteiger charge is -2.34. The molecule has 2 fully saturated rings. The van der Waals surface area contributed by atoms with E-state index in [1.165, 1.54) is 10.8 Å². The number of aromatic nitrogens is 1. The predicted molar refractivity (Wildman–Crippen MR) is 93.4 cm³/mol. The number of carboxylic acids is 1. The third-order valence-corrected chi connectivity index (χ3v) is 5.21. The molecule has 0 radical (unpaired) electrons. The van der Waals surface area contributed by atoms with E-state index in [1.807, 2.05) is 11.9 Å². The molecule has 0 bridgehead atoms. The number of carbonyl (C=O) groups is 1. The number of fused-ring (bicyclic) bond motifs is 1. The minimum atomic E-state index is -1.40. The molecular formula is C18H19F2N3O3. The summed E-state index contributed by atoms with van der Waals surface area (Å²) >= 11 is 0. The number of anilines is 1. The summed E-state index contributed by atoms with van der Waals surface area (Å²) in [5, 5.41) is 9.23. The van der Waals surface area contributed by atoms with E-state index in [1.54, 1.807) is 6.07 Å². The van der Waals surface area contributed by atoms with Crippen molar-refractivity contribution in [1.82, 2.24) is 9.47 Å². The van der Waals surface area contributed by atoms with Gasteiger partial charge < -0.3 is 19.5 Å². The summed E-state index contributed by atoms with van der Waals surface area (Å²) in [4.78, 5) is 27.9. The molecule has 26 heavy (non-hydrogen) atoms. The fraction of sp³-hybridized carbons (Fsp3) is 0.444. The van der Waals surface area contributed by atoms with Crippen LogP contribution in [0.4, 0.5) is 14.5 Å². The quantitative estimate of drug-likeness (QED) is 0.902. The molecule has 8 heteroatoms. The molecule has 1 aromatic heterocycles. The van der Waals surface area contributed by atoms with Gasteiger partial charge in [0.25, 0.3) is 0 Å². The first-order valence-electron chi connectivity index (χ1n) is 8.56. The van der Waals surface area contributed by atoms with Crippen LogP contribution in [0.25, 0.3) is 10.9 Å². The van der Waals surface area contributed by atoms with Crippen LogP contribution < -0.4 is 10.3 Å². The van der Waals surface area contributed by atoms with Crippen LogP contribution in [0, 0.1) is 5.82 Å². The molecule has 6 nitrogen and oxygen atoms in total. The van der Waals surface area contributed by atoms with E-state index in [2.05, 4.69) is 4.90 Å². The molecule has 1 aliphatic heterocycles. The molecule has 2 aliphatic rings. The number of pyridine rings is 1. The van der Waals surface area contributed by atoms with Crippen molar-refractivity contribution in [3.05, 3.63) is 39.9 Å². The van der Waals surface area contributed by atoms with E-state index < -0.39 is 35.0 Å². The summed E-state index contributed by atoms with van der Waals surface area (Å²) in [6.07, 6.45) is 0.362. The van der Waals surface area contributed by atoms with Gasteiger partial charge in [0.15, 0.2) is 0 Å².